The second-order valence-electron chi connectivity index (χ2n) is 4.36. The maximum absolute atomic E-state index is 5.34. The van der Waals surface area contributed by atoms with E-state index in [1.54, 1.807) is 7.11 Å². The summed E-state index contributed by atoms with van der Waals surface area (Å²) >= 11 is 3.48. The van der Waals surface area contributed by atoms with Gasteiger partial charge in [-0.3, -0.25) is 4.90 Å². The molecular weight excluding hydrogens is 294 g/mol. The lowest BCUT2D eigenvalue weighted by atomic mass is 10.3. The van der Waals surface area contributed by atoms with Crippen LogP contribution in [-0.4, -0.2) is 51.3 Å². The van der Waals surface area contributed by atoms with E-state index in [0.717, 1.165) is 55.2 Å². The van der Waals surface area contributed by atoms with Crippen LogP contribution in [-0.2, 0) is 0 Å². The fourth-order valence-corrected chi connectivity index (χ4v) is 2.46. The first-order valence-electron chi connectivity index (χ1n) is 6.30. The number of benzene rings is 1. The van der Waals surface area contributed by atoms with E-state index in [9.17, 15) is 0 Å². The summed E-state index contributed by atoms with van der Waals surface area (Å²) in [6, 6.07) is 6.01. The Bertz CT molecular complexity index is 380. The molecular formula is C13H20BrN3O. The van der Waals surface area contributed by atoms with Crippen LogP contribution in [0, 0.1) is 0 Å². The third-order valence-electron chi connectivity index (χ3n) is 3.11. The number of nitrogens with zero attached hydrogens (tertiary/aromatic N) is 1. The molecule has 1 aliphatic heterocycles. The number of anilines is 1. The van der Waals surface area contributed by atoms with Gasteiger partial charge in [0, 0.05) is 43.7 Å². The molecule has 1 fully saturated rings. The van der Waals surface area contributed by atoms with Gasteiger partial charge < -0.3 is 15.4 Å². The van der Waals surface area contributed by atoms with Crippen LogP contribution in [0.4, 0.5) is 5.69 Å². The molecule has 100 valence electrons. The molecule has 0 spiro atoms. The van der Waals surface area contributed by atoms with E-state index in [4.69, 9.17) is 4.74 Å². The van der Waals surface area contributed by atoms with Crippen LogP contribution in [0.3, 0.4) is 0 Å². The molecule has 0 saturated carbocycles. The van der Waals surface area contributed by atoms with Crippen molar-refractivity contribution in [3.63, 3.8) is 0 Å². The van der Waals surface area contributed by atoms with Crippen molar-refractivity contribution >= 4 is 21.6 Å². The normalized spacial score (nSPS) is 16.6. The number of halogens is 1. The van der Waals surface area contributed by atoms with Gasteiger partial charge in [0.1, 0.15) is 5.75 Å². The molecule has 1 aliphatic rings. The summed E-state index contributed by atoms with van der Waals surface area (Å²) < 4.78 is 6.40. The first-order valence-corrected chi connectivity index (χ1v) is 7.09. The van der Waals surface area contributed by atoms with E-state index in [0.29, 0.717) is 0 Å². The van der Waals surface area contributed by atoms with Gasteiger partial charge in [-0.1, -0.05) is 15.9 Å². The highest BCUT2D eigenvalue weighted by Gasteiger charge is 2.09. The predicted octanol–water partition coefficient (Wildman–Crippen LogP) is 1.77. The number of ether oxygens (including phenoxy) is 1. The first-order chi connectivity index (χ1) is 8.79. The van der Waals surface area contributed by atoms with Crippen molar-refractivity contribution in [1.82, 2.24) is 10.2 Å². The Morgan fingerprint density at radius 3 is 2.89 bits per heavy atom. The van der Waals surface area contributed by atoms with Gasteiger partial charge in [0.25, 0.3) is 0 Å². The first kappa shape index (κ1) is 13.6. The van der Waals surface area contributed by atoms with Crippen molar-refractivity contribution in [2.75, 3.05) is 51.7 Å². The molecule has 0 bridgehead atoms. The Morgan fingerprint density at radius 2 is 2.17 bits per heavy atom. The summed E-state index contributed by atoms with van der Waals surface area (Å²) in [6.07, 6.45) is 0. The largest absolute Gasteiger partial charge is 0.495 e. The zero-order valence-corrected chi connectivity index (χ0v) is 12.3. The van der Waals surface area contributed by atoms with Gasteiger partial charge in [0.15, 0.2) is 0 Å². The Labute approximate surface area is 117 Å². The van der Waals surface area contributed by atoms with Gasteiger partial charge in [0.2, 0.25) is 0 Å². The number of hydrogen-bond acceptors (Lipinski definition) is 4. The van der Waals surface area contributed by atoms with E-state index in [-0.39, 0.29) is 0 Å². The van der Waals surface area contributed by atoms with Gasteiger partial charge >= 0.3 is 0 Å². The maximum Gasteiger partial charge on any atom is 0.142 e. The van der Waals surface area contributed by atoms with Crippen molar-refractivity contribution in [2.24, 2.45) is 0 Å². The van der Waals surface area contributed by atoms with Crippen molar-refractivity contribution in [3.05, 3.63) is 22.7 Å². The number of rotatable bonds is 5. The third kappa shape index (κ3) is 3.86. The fraction of sp³-hybridized carbons (Fsp3) is 0.538. The van der Waals surface area contributed by atoms with Gasteiger partial charge in [-0.25, -0.2) is 0 Å². The summed E-state index contributed by atoms with van der Waals surface area (Å²) in [4.78, 5) is 2.47. The van der Waals surface area contributed by atoms with Gasteiger partial charge in [-0.2, -0.15) is 0 Å². The van der Waals surface area contributed by atoms with Crippen LogP contribution in [0.2, 0.25) is 0 Å². The Balaban J connectivity index is 1.83. The molecule has 0 unspecified atom stereocenters. The molecule has 4 nitrogen and oxygen atoms in total. The van der Waals surface area contributed by atoms with E-state index >= 15 is 0 Å². The minimum atomic E-state index is 0.888. The fourth-order valence-electron chi connectivity index (χ4n) is 2.10. The molecule has 1 aromatic rings. The average Bonchev–Trinajstić information content (AvgIpc) is 2.40. The molecule has 0 aliphatic carbocycles. The lowest BCUT2D eigenvalue weighted by molar-refractivity contribution is 0.249. The third-order valence-corrected chi connectivity index (χ3v) is 3.61. The topological polar surface area (TPSA) is 36.5 Å². The SMILES string of the molecule is COc1ccc(Br)cc1NCCN1CCNCC1. The Hall–Kier alpha value is -0.780. The monoisotopic (exact) mass is 313 g/mol. The summed E-state index contributed by atoms with van der Waals surface area (Å²) in [5, 5.41) is 6.80. The van der Waals surface area contributed by atoms with Crippen LogP contribution in [0.5, 0.6) is 5.75 Å². The quantitative estimate of drug-likeness (QED) is 0.869. The molecule has 0 radical (unpaired) electrons. The van der Waals surface area contributed by atoms with Gasteiger partial charge in [0.05, 0.1) is 12.8 Å². The number of hydrogen-bond donors (Lipinski definition) is 2. The smallest absolute Gasteiger partial charge is 0.142 e. The van der Waals surface area contributed by atoms with Crippen LogP contribution in [0.1, 0.15) is 0 Å². The summed E-state index contributed by atoms with van der Waals surface area (Å²) in [5.41, 5.74) is 1.04. The zero-order chi connectivity index (χ0) is 12.8. The molecule has 1 saturated heterocycles. The molecule has 5 heteroatoms. The van der Waals surface area contributed by atoms with Crippen molar-refractivity contribution in [3.8, 4) is 5.75 Å². The lowest BCUT2D eigenvalue weighted by Gasteiger charge is -2.27. The Kier molecular flexibility index (Phi) is 5.28. The highest BCUT2D eigenvalue weighted by Crippen LogP contribution is 2.27. The Morgan fingerprint density at radius 1 is 1.39 bits per heavy atom. The highest BCUT2D eigenvalue weighted by atomic mass is 79.9. The molecule has 2 rings (SSSR count). The number of methoxy groups -OCH3 is 1. The highest BCUT2D eigenvalue weighted by molar-refractivity contribution is 9.10. The van der Waals surface area contributed by atoms with E-state index in [1.807, 2.05) is 12.1 Å². The van der Waals surface area contributed by atoms with Crippen LogP contribution < -0.4 is 15.4 Å². The number of nitrogens with one attached hydrogen (secondary N) is 2. The summed E-state index contributed by atoms with van der Waals surface area (Å²) in [7, 11) is 1.70. The molecule has 2 N–H and O–H groups in total. The standard InChI is InChI=1S/C13H20BrN3O/c1-18-13-3-2-11(14)10-12(13)16-6-9-17-7-4-15-5-8-17/h2-3,10,15-16H,4-9H2,1H3. The van der Waals surface area contributed by atoms with Crippen LogP contribution in [0.15, 0.2) is 22.7 Å². The molecule has 0 atom stereocenters. The van der Waals surface area contributed by atoms with Crippen molar-refractivity contribution in [2.45, 2.75) is 0 Å². The van der Waals surface area contributed by atoms with E-state index in [1.165, 1.54) is 0 Å². The van der Waals surface area contributed by atoms with E-state index < -0.39 is 0 Å². The van der Waals surface area contributed by atoms with Crippen molar-refractivity contribution in [1.29, 1.82) is 0 Å². The van der Waals surface area contributed by atoms with Crippen LogP contribution >= 0.6 is 15.9 Å². The minimum Gasteiger partial charge on any atom is -0.495 e. The molecule has 1 heterocycles. The predicted molar refractivity (Wildman–Crippen MR) is 78.5 cm³/mol. The van der Waals surface area contributed by atoms with Gasteiger partial charge in [-0.15, -0.1) is 0 Å². The second kappa shape index (κ2) is 6.97. The van der Waals surface area contributed by atoms with Crippen molar-refractivity contribution < 1.29 is 4.74 Å². The average molecular weight is 314 g/mol. The molecule has 0 amide bonds. The summed E-state index contributed by atoms with van der Waals surface area (Å²) in [6.45, 7) is 6.47. The minimum absolute atomic E-state index is 0.888. The molecule has 0 aromatic heterocycles. The maximum atomic E-state index is 5.34. The molecule has 18 heavy (non-hydrogen) atoms. The van der Waals surface area contributed by atoms with Crippen LogP contribution in [0.25, 0.3) is 0 Å². The number of piperazine rings is 1. The lowest BCUT2D eigenvalue weighted by Crippen LogP contribution is -2.45. The van der Waals surface area contributed by atoms with E-state index in [2.05, 4.69) is 37.5 Å². The van der Waals surface area contributed by atoms with Gasteiger partial charge in [-0.05, 0) is 18.2 Å². The summed E-state index contributed by atoms with van der Waals surface area (Å²) in [5.74, 6) is 0.888. The molecule has 1 aromatic carbocycles. The second-order valence-corrected chi connectivity index (χ2v) is 5.28. The zero-order valence-electron chi connectivity index (χ0n) is 10.7.